The summed E-state index contributed by atoms with van der Waals surface area (Å²) in [4.78, 5) is 2.78. The zero-order valence-corrected chi connectivity index (χ0v) is 13.4. The second kappa shape index (κ2) is 6.91. The number of likely N-dealkylation sites (tertiary alicyclic amines) is 1. The molecule has 0 spiro atoms. The maximum atomic E-state index is 3.70. The molecule has 108 valence electrons. The first-order chi connectivity index (χ1) is 8.35. The van der Waals surface area contributed by atoms with Crippen LogP contribution < -0.4 is 5.32 Å². The predicted octanol–water partition coefficient (Wildman–Crippen LogP) is 3.66. The molecule has 0 aromatic carbocycles. The van der Waals surface area contributed by atoms with Crippen LogP contribution in [0.15, 0.2) is 0 Å². The summed E-state index contributed by atoms with van der Waals surface area (Å²) < 4.78 is 0. The van der Waals surface area contributed by atoms with Crippen molar-refractivity contribution < 1.29 is 0 Å². The Hall–Kier alpha value is -0.0800. The lowest BCUT2D eigenvalue weighted by molar-refractivity contribution is 0.130. The van der Waals surface area contributed by atoms with E-state index in [4.69, 9.17) is 0 Å². The van der Waals surface area contributed by atoms with E-state index in [2.05, 4.69) is 51.8 Å². The van der Waals surface area contributed by atoms with Gasteiger partial charge in [-0.05, 0) is 52.5 Å². The summed E-state index contributed by atoms with van der Waals surface area (Å²) in [6, 6.07) is 1.53. The lowest BCUT2D eigenvalue weighted by atomic mass is 9.99. The molecule has 1 saturated heterocycles. The van der Waals surface area contributed by atoms with Crippen LogP contribution in [0, 0.1) is 5.92 Å². The third-order valence-corrected chi connectivity index (χ3v) is 4.07. The van der Waals surface area contributed by atoms with Gasteiger partial charge in [-0.2, -0.15) is 0 Å². The van der Waals surface area contributed by atoms with Crippen LogP contribution in [0.25, 0.3) is 0 Å². The highest BCUT2D eigenvalue weighted by atomic mass is 15.2. The van der Waals surface area contributed by atoms with E-state index in [1.807, 2.05) is 0 Å². The topological polar surface area (TPSA) is 15.3 Å². The van der Waals surface area contributed by atoms with Crippen molar-refractivity contribution >= 4 is 0 Å². The van der Waals surface area contributed by atoms with Gasteiger partial charge in [0.2, 0.25) is 0 Å². The zero-order chi connectivity index (χ0) is 13.8. The fourth-order valence-corrected chi connectivity index (χ4v) is 3.13. The van der Waals surface area contributed by atoms with E-state index in [0.717, 1.165) is 24.5 Å². The Bertz CT molecular complexity index is 230. The summed E-state index contributed by atoms with van der Waals surface area (Å²) in [5.41, 5.74) is 0.235. The monoisotopic (exact) mass is 254 g/mol. The zero-order valence-electron chi connectivity index (χ0n) is 13.4. The number of nitrogens with one attached hydrogen (secondary N) is 1. The molecule has 0 saturated carbocycles. The van der Waals surface area contributed by atoms with Gasteiger partial charge in [-0.25, -0.2) is 0 Å². The Morgan fingerprint density at radius 2 is 1.94 bits per heavy atom. The van der Waals surface area contributed by atoms with Gasteiger partial charge in [0.25, 0.3) is 0 Å². The molecule has 2 heteroatoms. The molecule has 0 aromatic rings. The van der Waals surface area contributed by atoms with Crippen molar-refractivity contribution in [1.82, 2.24) is 10.2 Å². The Morgan fingerprint density at radius 1 is 1.28 bits per heavy atom. The van der Waals surface area contributed by atoms with E-state index >= 15 is 0 Å². The molecule has 2 atom stereocenters. The highest BCUT2D eigenvalue weighted by molar-refractivity contribution is 4.88. The lowest BCUT2D eigenvalue weighted by Crippen LogP contribution is -2.50. The SMILES string of the molecule is CCCC(CNC(C)(C)C)N1CCCC1C(C)C. The quantitative estimate of drug-likeness (QED) is 0.778. The van der Waals surface area contributed by atoms with E-state index in [9.17, 15) is 0 Å². The van der Waals surface area contributed by atoms with Gasteiger partial charge in [-0.15, -0.1) is 0 Å². The average Bonchev–Trinajstić information content (AvgIpc) is 2.71. The summed E-state index contributed by atoms with van der Waals surface area (Å²) in [7, 11) is 0. The van der Waals surface area contributed by atoms with E-state index in [1.165, 1.54) is 32.2 Å². The molecule has 0 bridgehead atoms. The fourth-order valence-electron chi connectivity index (χ4n) is 3.13. The number of nitrogens with zero attached hydrogens (tertiary/aromatic N) is 1. The molecule has 2 unspecified atom stereocenters. The molecule has 1 aliphatic rings. The van der Waals surface area contributed by atoms with Gasteiger partial charge in [-0.3, -0.25) is 4.90 Å². The van der Waals surface area contributed by atoms with Gasteiger partial charge >= 0.3 is 0 Å². The minimum atomic E-state index is 0.235. The van der Waals surface area contributed by atoms with Gasteiger partial charge in [0, 0.05) is 24.2 Å². The fraction of sp³-hybridized carbons (Fsp3) is 1.00. The molecular formula is C16H34N2. The highest BCUT2D eigenvalue weighted by Crippen LogP contribution is 2.27. The van der Waals surface area contributed by atoms with Gasteiger partial charge in [0.1, 0.15) is 0 Å². The highest BCUT2D eigenvalue weighted by Gasteiger charge is 2.32. The van der Waals surface area contributed by atoms with Crippen molar-refractivity contribution in [3.63, 3.8) is 0 Å². The molecule has 0 aliphatic carbocycles. The molecule has 1 rings (SSSR count). The average molecular weight is 254 g/mol. The van der Waals surface area contributed by atoms with E-state index < -0.39 is 0 Å². The minimum Gasteiger partial charge on any atom is -0.311 e. The largest absolute Gasteiger partial charge is 0.311 e. The summed E-state index contributed by atoms with van der Waals surface area (Å²) in [5, 5.41) is 3.70. The molecule has 0 radical (unpaired) electrons. The minimum absolute atomic E-state index is 0.235. The standard InChI is InChI=1S/C16H34N2/c1-7-9-14(12-17-16(4,5)6)18-11-8-10-15(18)13(2)3/h13-15,17H,7-12H2,1-6H3. The van der Waals surface area contributed by atoms with Crippen molar-refractivity contribution in [2.75, 3.05) is 13.1 Å². The summed E-state index contributed by atoms with van der Waals surface area (Å²) in [6.45, 7) is 16.3. The Labute approximate surface area is 115 Å². The molecule has 1 N–H and O–H groups in total. The van der Waals surface area contributed by atoms with Gasteiger partial charge in [0.15, 0.2) is 0 Å². The molecule has 1 fully saturated rings. The first-order valence-electron chi connectivity index (χ1n) is 7.86. The predicted molar refractivity (Wildman–Crippen MR) is 81.0 cm³/mol. The summed E-state index contributed by atoms with van der Waals surface area (Å²) >= 11 is 0. The second-order valence-corrected chi connectivity index (χ2v) is 7.26. The van der Waals surface area contributed by atoms with Crippen LogP contribution in [0.3, 0.4) is 0 Å². The van der Waals surface area contributed by atoms with Crippen molar-refractivity contribution in [2.24, 2.45) is 5.92 Å². The van der Waals surface area contributed by atoms with Crippen molar-refractivity contribution in [2.45, 2.75) is 84.8 Å². The maximum absolute atomic E-state index is 3.70. The third-order valence-electron chi connectivity index (χ3n) is 4.07. The Kier molecular flexibility index (Phi) is 6.13. The van der Waals surface area contributed by atoms with Crippen LogP contribution in [0.5, 0.6) is 0 Å². The number of rotatable bonds is 6. The third kappa shape index (κ3) is 4.89. The maximum Gasteiger partial charge on any atom is 0.0223 e. The van der Waals surface area contributed by atoms with Gasteiger partial charge in [0.05, 0.1) is 0 Å². The second-order valence-electron chi connectivity index (χ2n) is 7.26. The normalized spacial score (nSPS) is 23.8. The van der Waals surface area contributed by atoms with Crippen molar-refractivity contribution in [1.29, 1.82) is 0 Å². The first-order valence-corrected chi connectivity index (χ1v) is 7.86. The molecule has 18 heavy (non-hydrogen) atoms. The van der Waals surface area contributed by atoms with E-state index in [1.54, 1.807) is 0 Å². The van der Waals surface area contributed by atoms with Crippen molar-refractivity contribution in [3.05, 3.63) is 0 Å². The number of hydrogen-bond donors (Lipinski definition) is 1. The molecule has 0 aromatic heterocycles. The van der Waals surface area contributed by atoms with Crippen LogP contribution >= 0.6 is 0 Å². The van der Waals surface area contributed by atoms with Gasteiger partial charge < -0.3 is 5.32 Å². The molecule has 0 amide bonds. The van der Waals surface area contributed by atoms with Crippen LogP contribution in [-0.2, 0) is 0 Å². The molecule has 1 aliphatic heterocycles. The van der Waals surface area contributed by atoms with Crippen LogP contribution in [0.1, 0.15) is 67.2 Å². The van der Waals surface area contributed by atoms with Gasteiger partial charge in [-0.1, -0.05) is 27.2 Å². The Morgan fingerprint density at radius 3 is 2.44 bits per heavy atom. The van der Waals surface area contributed by atoms with E-state index in [-0.39, 0.29) is 5.54 Å². The molecule has 1 heterocycles. The van der Waals surface area contributed by atoms with Crippen molar-refractivity contribution in [3.8, 4) is 0 Å². The molecular weight excluding hydrogens is 220 g/mol. The van der Waals surface area contributed by atoms with E-state index in [0.29, 0.717) is 0 Å². The Balaban J connectivity index is 2.59. The molecule has 2 nitrogen and oxygen atoms in total. The first kappa shape index (κ1) is 16.0. The lowest BCUT2D eigenvalue weighted by Gasteiger charge is -2.37. The number of hydrogen-bond acceptors (Lipinski definition) is 2. The summed E-state index contributed by atoms with van der Waals surface area (Å²) in [5.74, 6) is 0.793. The smallest absolute Gasteiger partial charge is 0.0223 e. The van der Waals surface area contributed by atoms with Crippen LogP contribution in [0.4, 0.5) is 0 Å². The van der Waals surface area contributed by atoms with Crippen LogP contribution in [0.2, 0.25) is 0 Å². The van der Waals surface area contributed by atoms with Crippen LogP contribution in [-0.4, -0.2) is 35.6 Å². The summed E-state index contributed by atoms with van der Waals surface area (Å²) in [6.07, 6.45) is 5.40.